The highest BCUT2D eigenvalue weighted by atomic mass is 15.1. The van der Waals surface area contributed by atoms with Gasteiger partial charge >= 0.3 is 0 Å². The Morgan fingerprint density at radius 3 is 1.42 bits per heavy atom. The smallest absolute Gasteiger partial charge is 0.0714 e. The highest BCUT2D eigenvalue weighted by molar-refractivity contribution is 6.00. The molecule has 310 valence electrons. The third-order valence-corrected chi connectivity index (χ3v) is 13.5. The molecule has 1 aliphatic rings. The predicted octanol–water partition coefficient (Wildman–Crippen LogP) is 17.3. The van der Waals surface area contributed by atoms with Gasteiger partial charge in [0.2, 0.25) is 0 Å². The minimum absolute atomic E-state index is 0.528. The first-order valence-corrected chi connectivity index (χ1v) is 22.8. The molecule has 0 amide bonds. The molecule has 1 aliphatic carbocycles. The van der Waals surface area contributed by atoms with Gasteiger partial charge in [0.15, 0.2) is 0 Å². The number of hydrogen-bond donors (Lipinski definition) is 0. The standard InChI is InChI=1S/C65H45N/c1-4-19-46(20-5-1)51-24-17-26-54(45-51)58-31-13-15-35-62(58)66(57-41-39-48(40-42-57)50-23-16-25-52(43-50)53-38-37-47-21-10-11-22-49(47)44-53)63-36-18-34-61-64(63)59-32-12-14-33-60(59)65(61,55-27-6-2-7-28-55)56-29-8-3-9-30-56/h1-45H. The molecule has 1 nitrogen and oxygen atoms in total. The van der Waals surface area contributed by atoms with E-state index in [0.29, 0.717) is 0 Å². The summed E-state index contributed by atoms with van der Waals surface area (Å²) in [4.78, 5) is 2.50. The van der Waals surface area contributed by atoms with Gasteiger partial charge in [-0.3, -0.25) is 0 Å². The summed E-state index contributed by atoms with van der Waals surface area (Å²) in [6.07, 6.45) is 0. The van der Waals surface area contributed by atoms with Crippen molar-refractivity contribution in [2.75, 3.05) is 4.90 Å². The van der Waals surface area contributed by atoms with Gasteiger partial charge in [-0.1, -0.05) is 231 Å². The van der Waals surface area contributed by atoms with Gasteiger partial charge in [0.1, 0.15) is 0 Å². The van der Waals surface area contributed by atoms with Gasteiger partial charge in [0.25, 0.3) is 0 Å². The Kier molecular flexibility index (Phi) is 9.81. The molecule has 0 N–H and O–H groups in total. The van der Waals surface area contributed by atoms with E-state index in [9.17, 15) is 0 Å². The number of nitrogens with zero attached hydrogens (tertiary/aromatic N) is 1. The number of hydrogen-bond acceptors (Lipinski definition) is 1. The molecule has 0 aromatic heterocycles. The lowest BCUT2D eigenvalue weighted by Crippen LogP contribution is -2.28. The summed E-state index contributed by atoms with van der Waals surface area (Å²) in [5.74, 6) is 0. The summed E-state index contributed by atoms with van der Waals surface area (Å²) >= 11 is 0. The Hall–Kier alpha value is -8.52. The van der Waals surface area contributed by atoms with Crippen LogP contribution in [0.1, 0.15) is 22.3 Å². The maximum absolute atomic E-state index is 2.50. The van der Waals surface area contributed by atoms with Crippen molar-refractivity contribution < 1.29 is 0 Å². The summed E-state index contributed by atoms with van der Waals surface area (Å²) in [5, 5.41) is 2.50. The van der Waals surface area contributed by atoms with Crippen LogP contribution in [0.15, 0.2) is 273 Å². The van der Waals surface area contributed by atoms with Crippen LogP contribution >= 0.6 is 0 Å². The van der Waals surface area contributed by atoms with Gasteiger partial charge in [0, 0.05) is 16.8 Å². The minimum Gasteiger partial charge on any atom is -0.309 e. The van der Waals surface area contributed by atoms with Gasteiger partial charge < -0.3 is 4.90 Å². The number of fused-ring (bicyclic) bond motifs is 4. The van der Waals surface area contributed by atoms with Crippen LogP contribution in [-0.2, 0) is 5.41 Å². The van der Waals surface area contributed by atoms with E-state index in [0.717, 1.165) is 28.2 Å². The van der Waals surface area contributed by atoms with Crippen molar-refractivity contribution in [1.82, 2.24) is 0 Å². The van der Waals surface area contributed by atoms with E-state index in [2.05, 4.69) is 278 Å². The monoisotopic (exact) mass is 839 g/mol. The summed E-state index contributed by atoms with van der Waals surface area (Å²) in [6, 6.07) is 100. The highest BCUT2D eigenvalue weighted by Crippen LogP contribution is 2.60. The van der Waals surface area contributed by atoms with E-state index in [1.54, 1.807) is 0 Å². The molecule has 66 heavy (non-hydrogen) atoms. The SMILES string of the molecule is c1ccc(-c2cccc(-c3ccccc3N(c3ccc(-c4cccc(-c5ccc6ccccc6c5)c4)cc3)c3cccc4c3-c3ccccc3C4(c3ccccc3)c3ccccc3)c2)cc1. The first-order chi connectivity index (χ1) is 32.7. The summed E-state index contributed by atoms with van der Waals surface area (Å²) < 4.78 is 0. The molecule has 0 saturated carbocycles. The maximum Gasteiger partial charge on any atom is 0.0714 e. The second kappa shape index (κ2) is 16.6. The third kappa shape index (κ3) is 6.64. The van der Waals surface area contributed by atoms with Crippen molar-refractivity contribution in [3.63, 3.8) is 0 Å². The Bertz CT molecular complexity index is 3480. The fraction of sp³-hybridized carbons (Fsp3) is 0.0154. The molecule has 0 bridgehead atoms. The normalized spacial score (nSPS) is 12.4. The molecule has 0 spiro atoms. The third-order valence-electron chi connectivity index (χ3n) is 13.5. The molecule has 0 saturated heterocycles. The van der Waals surface area contributed by atoms with Gasteiger partial charge in [0.05, 0.1) is 16.8 Å². The molecule has 0 unspecified atom stereocenters. The van der Waals surface area contributed by atoms with Gasteiger partial charge in [-0.25, -0.2) is 0 Å². The number of rotatable bonds is 9. The Morgan fingerprint density at radius 2 is 0.712 bits per heavy atom. The summed E-state index contributed by atoms with van der Waals surface area (Å²) in [5.41, 5.74) is 19.8. The van der Waals surface area contributed by atoms with Gasteiger partial charge in [-0.15, -0.1) is 0 Å². The van der Waals surface area contributed by atoms with Crippen molar-refractivity contribution in [1.29, 1.82) is 0 Å². The van der Waals surface area contributed by atoms with Crippen LogP contribution in [0.25, 0.3) is 66.4 Å². The maximum atomic E-state index is 2.50. The molecule has 12 rings (SSSR count). The lowest BCUT2D eigenvalue weighted by Gasteiger charge is -2.34. The van der Waals surface area contributed by atoms with Gasteiger partial charge in [-0.2, -0.15) is 0 Å². The fourth-order valence-electron chi connectivity index (χ4n) is 10.5. The van der Waals surface area contributed by atoms with E-state index in [1.165, 1.54) is 77.5 Å². The Labute approximate surface area is 387 Å². The molecule has 11 aromatic rings. The zero-order chi connectivity index (χ0) is 43.9. The molecule has 11 aromatic carbocycles. The average Bonchev–Trinajstić information content (AvgIpc) is 3.71. The predicted molar refractivity (Wildman–Crippen MR) is 278 cm³/mol. The molecule has 0 atom stereocenters. The van der Waals surface area contributed by atoms with Gasteiger partial charge in [-0.05, 0) is 120 Å². The van der Waals surface area contributed by atoms with Crippen molar-refractivity contribution in [2.45, 2.75) is 5.41 Å². The van der Waals surface area contributed by atoms with E-state index < -0.39 is 5.41 Å². The molecule has 0 fully saturated rings. The molecular weight excluding hydrogens is 795 g/mol. The van der Waals surface area contributed by atoms with Crippen LogP contribution in [0, 0.1) is 0 Å². The van der Waals surface area contributed by atoms with Crippen molar-refractivity contribution in [2.24, 2.45) is 0 Å². The van der Waals surface area contributed by atoms with Crippen molar-refractivity contribution in [3.05, 3.63) is 295 Å². The number of benzene rings is 11. The highest BCUT2D eigenvalue weighted by Gasteiger charge is 2.47. The zero-order valence-corrected chi connectivity index (χ0v) is 36.4. The van der Waals surface area contributed by atoms with E-state index in [4.69, 9.17) is 0 Å². The van der Waals surface area contributed by atoms with Crippen LogP contribution in [0.2, 0.25) is 0 Å². The van der Waals surface area contributed by atoms with Crippen molar-refractivity contribution >= 4 is 27.8 Å². The van der Waals surface area contributed by atoms with Crippen LogP contribution < -0.4 is 4.90 Å². The number of anilines is 3. The molecule has 0 aliphatic heterocycles. The zero-order valence-electron chi connectivity index (χ0n) is 36.4. The second-order valence-electron chi connectivity index (χ2n) is 17.2. The largest absolute Gasteiger partial charge is 0.309 e. The number of para-hydroxylation sites is 1. The first-order valence-electron chi connectivity index (χ1n) is 22.8. The van der Waals surface area contributed by atoms with E-state index >= 15 is 0 Å². The lowest BCUT2D eigenvalue weighted by atomic mass is 9.68. The fourth-order valence-corrected chi connectivity index (χ4v) is 10.5. The molecule has 1 heteroatoms. The Morgan fingerprint density at radius 1 is 0.258 bits per heavy atom. The summed E-state index contributed by atoms with van der Waals surface area (Å²) in [7, 11) is 0. The van der Waals surface area contributed by atoms with Crippen LogP contribution in [0.3, 0.4) is 0 Å². The molecule has 0 heterocycles. The van der Waals surface area contributed by atoms with E-state index in [1.807, 2.05) is 0 Å². The average molecular weight is 840 g/mol. The van der Waals surface area contributed by atoms with Crippen molar-refractivity contribution in [3.8, 4) is 55.6 Å². The first kappa shape index (κ1) is 39.1. The van der Waals surface area contributed by atoms with E-state index in [-0.39, 0.29) is 0 Å². The second-order valence-corrected chi connectivity index (χ2v) is 17.2. The van der Waals surface area contributed by atoms with Crippen LogP contribution in [0.5, 0.6) is 0 Å². The Balaban J connectivity index is 1.06. The molecular formula is C65H45N. The van der Waals surface area contributed by atoms with Crippen LogP contribution in [0.4, 0.5) is 17.1 Å². The minimum atomic E-state index is -0.528. The summed E-state index contributed by atoms with van der Waals surface area (Å²) in [6.45, 7) is 0. The molecule has 0 radical (unpaired) electrons. The quantitative estimate of drug-likeness (QED) is 0.140. The lowest BCUT2D eigenvalue weighted by molar-refractivity contribution is 0.768. The van der Waals surface area contributed by atoms with Crippen LogP contribution in [-0.4, -0.2) is 0 Å². The topological polar surface area (TPSA) is 3.24 Å².